The van der Waals surface area contributed by atoms with Gasteiger partial charge in [0.2, 0.25) is 0 Å². The van der Waals surface area contributed by atoms with E-state index in [1.165, 1.54) is 26.4 Å². The Morgan fingerprint density at radius 3 is 2.62 bits per heavy atom. The van der Waals surface area contributed by atoms with Gasteiger partial charge in [0.25, 0.3) is 0 Å². The molecule has 0 spiro atoms. The summed E-state index contributed by atoms with van der Waals surface area (Å²) in [6.07, 6.45) is 4.68. The third-order valence-electron chi connectivity index (χ3n) is 4.42. The molecule has 1 fully saturated rings. The van der Waals surface area contributed by atoms with E-state index in [9.17, 15) is 4.39 Å². The van der Waals surface area contributed by atoms with Crippen molar-refractivity contribution in [1.82, 2.24) is 5.32 Å². The van der Waals surface area contributed by atoms with E-state index in [1.807, 2.05) is 12.1 Å². The zero-order valence-electron chi connectivity index (χ0n) is 13.7. The summed E-state index contributed by atoms with van der Waals surface area (Å²) in [5.74, 6) is 0.983. The predicted molar refractivity (Wildman–Crippen MR) is 85.4 cm³/mol. The van der Waals surface area contributed by atoms with Gasteiger partial charge in [0, 0.05) is 5.54 Å². The number of ether oxygens (including phenoxy) is 1. The summed E-state index contributed by atoms with van der Waals surface area (Å²) in [4.78, 5) is 0. The Kier molecular flexibility index (Phi) is 5.26. The van der Waals surface area contributed by atoms with Crippen LogP contribution in [0.4, 0.5) is 4.39 Å². The average molecular weight is 293 g/mol. The first-order valence-electron chi connectivity index (χ1n) is 8.00. The molecule has 0 radical (unpaired) electrons. The first-order valence-corrected chi connectivity index (χ1v) is 8.00. The molecule has 0 saturated heterocycles. The lowest BCUT2D eigenvalue weighted by Gasteiger charge is -2.34. The maximum Gasteiger partial charge on any atom is 0.168 e. The number of methoxy groups -OCH3 is 1. The van der Waals surface area contributed by atoms with Crippen molar-refractivity contribution in [2.45, 2.75) is 57.9 Å². The van der Waals surface area contributed by atoms with Crippen molar-refractivity contribution >= 4 is 0 Å². The Bertz CT molecular complexity index is 467. The molecule has 1 aliphatic rings. The minimum absolute atomic E-state index is 0.106. The topological polar surface area (TPSA) is 21.3 Å². The van der Waals surface area contributed by atoms with Gasteiger partial charge in [0.05, 0.1) is 7.11 Å². The maximum atomic E-state index is 14.6. The van der Waals surface area contributed by atoms with Crippen molar-refractivity contribution in [3.63, 3.8) is 0 Å². The molecule has 2 nitrogen and oxygen atoms in total. The van der Waals surface area contributed by atoms with E-state index in [2.05, 4.69) is 26.1 Å². The molecular formula is C18H28FNO. The predicted octanol–water partition coefficient (Wildman–Crippen LogP) is 4.50. The number of rotatable bonds is 4. The first-order chi connectivity index (χ1) is 9.92. The molecule has 1 aromatic rings. The SMILES string of the molecule is COc1cccc(C2CCCCC2CNC(C)(C)C)c1F. The Hall–Kier alpha value is -1.09. The van der Waals surface area contributed by atoms with E-state index in [-0.39, 0.29) is 11.4 Å². The molecule has 0 amide bonds. The van der Waals surface area contributed by atoms with E-state index >= 15 is 0 Å². The van der Waals surface area contributed by atoms with Gasteiger partial charge in [0.1, 0.15) is 0 Å². The minimum Gasteiger partial charge on any atom is -0.494 e. The molecule has 1 aromatic carbocycles. The van der Waals surface area contributed by atoms with Crippen LogP contribution < -0.4 is 10.1 Å². The van der Waals surface area contributed by atoms with Crippen LogP contribution in [0.2, 0.25) is 0 Å². The molecule has 1 N–H and O–H groups in total. The van der Waals surface area contributed by atoms with Crippen molar-refractivity contribution in [3.8, 4) is 5.75 Å². The van der Waals surface area contributed by atoms with Crippen molar-refractivity contribution < 1.29 is 9.13 Å². The van der Waals surface area contributed by atoms with Gasteiger partial charge in [-0.15, -0.1) is 0 Å². The highest BCUT2D eigenvalue weighted by Crippen LogP contribution is 2.40. The van der Waals surface area contributed by atoms with Gasteiger partial charge in [-0.1, -0.05) is 25.0 Å². The second-order valence-corrected chi connectivity index (χ2v) is 7.15. The first kappa shape index (κ1) is 16.3. The highest BCUT2D eigenvalue weighted by molar-refractivity contribution is 5.34. The lowest BCUT2D eigenvalue weighted by Crippen LogP contribution is -2.41. The van der Waals surface area contributed by atoms with Crippen molar-refractivity contribution in [3.05, 3.63) is 29.6 Å². The molecule has 2 rings (SSSR count). The van der Waals surface area contributed by atoms with E-state index in [0.29, 0.717) is 17.6 Å². The fourth-order valence-corrected chi connectivity index (χ4v) is 3.27. The van der Waals surface area contributed by atoms with Gasteiger partial charge < -0.3 is 10.1 Å². The van der Waals surface area contributed by atoms with Gasteiger partial charge in [-0.2, -0.15) is 0 Å². The molecule has 1 saturated carbocycles. The van der Waals surface area contributed by atoms with E-state index in [0.717, 1.165) is 18.5 Å². The highest BCUT2D eigenvalue weighted by atomic mass is 19.1. The molecule has 2 atom stereocenters. The average Bonchev–Trinajstić information content (AvgIpc) is 2.45. The fraction of sp³-hybridized carbons (Fsp3) is 0.667. The van der Waals surface area contributed by atoms with Crippen LogP contribution in [0.5, 0.6) is 5.75 Å². The van der Waals surface area contributed by atoms with Crippen LogP contribution in [0.15, 0.2) is 18.2 Å². The van der Waals surface area contributed by atoms with Gasteiger partial charge in [0.15, 0.2) is 11.6 Å². The van der Waals surface area contributed by atoms with Gasteiger partial charge in [-0.05, 0) is 63.6 Å². The van der Waals surface area contributed by atoms with Crippen LogP contribution in [-0.4, -0.2) is 19.2 Å². The van der Waals surface area contributed by atoms with Crippen LogP contribution in [0, 0.1) is 11.7 Å². The van der Waals surface area contributed by atoms with Gasteiger partial charge in [-0.3, -0.25) is 0 Å². The molecule has 0 heterocycles. The van der Waals surface area contributed by atoms with Crippen LogP contribution >= 0.6 is 0 Å². The number of benzene rings is 1. The molecule has 1 aliphatic carbocycles. The Morgan fingerprint density at radius 2 is 1.95 bits per heavy atom. The zero-order chi connectivity index (χ0) is 15.5. The minimum atomic E-state index is -0.173. The monoisotopic (exact) mass is 293 g/mol. The smallest absolute Gasteiger partial charge is 0.168 e. The zero-order valence-corrected chi connectivity index (χ0v) is 13.7. The second kappa shape index (κ2) is 6.78. The van der Waals surface area contributed by atoms with Crippen LogP contribution in [-0.2, 0) is 0 Å². The molecule has 118 valence electrons. The van der Waals surface area contributed by atoms with Crippen LogP contribution in [0.3, 0.4) is 0 Å². The van der Waals surface area contributed by atoms with E-state index in [4.69, 9.17) is 4.74 Å². The number of hydrogen-bond donors (Lipinski definition) is 1. The van der Waals surface area contributed by atoms with E-state index in [1.54, 1.807) is 6.07 Å². The third-order valence-corrected chi connectivity index (χ3v) is 4.42. The Labute approximate surface area is 128 Å². The molecule has 0 aliphatic heterocycles. The van der Waals surface area contributed by atoms with Crippen molar-refractivity contribution in [2.24, 2.45) is 5.92 Å². The summed E-state index contributed by atoms with van der Waals surface area (Å²) < 4.78 is 19.7. The summed E-state index contributed by atoms with van der Waals surface area (Å²) in [5, 5.41) is 3.59. The number of nitrogens with one attached hydrogen (secondary N) is 1. The summed E-state index contributed by atoms with van der Waals surface area (Å²) in [6.45, 7) is 7.48. The summed E-state index contributed by atoms with van der Waals surface area (Å²) in [7, 11) is 1.53. The fourth-order valence-electron chi connectivity index (χ4n) is 3.27. The number of hydrogen-bond acceptors (Lipinski definition) is 2. The Balaban J connectivity index is 2.18. The summed E-state index contributed by atoms with van der Waals surface area (Å²) in [5.41, 5.74) is 0.935. The maximum absolute atomic E-state index is 14.6. The quantitative estimate of drug-likeness (QED) is 0.882. The van der Waals surface area contributed by atoms with Crippen LogP contribution in [0.25, 0.3) is 0 Å². The van der Waals surface area contributed by atoms with Gasteiger partial charge >= 0.3 is 0 Å². The molecule has 0 bridgehead atoms. The van der Waals surface area contributed by atoms with E-state index < -0.39 is 0 Å². The lowest BCUT2D eigenvalue weighted by atomic mass is 9.75. The highest BCUT2D eigenvalue weighted by Gasteiger charge is 2.30. The molecule has 2 unspecified atom stereocenters. The molecule has 21 heavy (non-hydrogen) atoms. The van der Waals surface area contributed by atoms with Gasteiger partial charge in [-0.25, -0.2) is 4.39 Å². The molecule has 0 aromatic heterocycles. The second-order valence-electron chi connectivity index (χ2n) is 7.15. The normalized spacial score (nSPS) is 23.1. The lowest BCUT2D eigenvalue weighted by molar-refractivity contribution is 0.263. The number of halogens is 1. The summed E-state index contributed by atoms with van der Waals surface area (Å²) >= 11 is 0. The largest absolute Gasteiger partial charge is 0.494 e. The standard InChI is InChI=1S/C18H28FNO/c1-18(2,3)20-12-13-8-5-6-9-14(13)15-10-7-11-16(21-4)17(15)19/h7,10-11,13-14,20H,5-6,8-9,12H2,1-4H3. The van der Waals surface area contributed by atoms with Crippen molar-refractivity contribution in [2.75, 3.05) is 13.7 Å². The Morgan fingerprint density at radius 1 is 1.24 bits per heavy atom. The van der Waals surface area contributed by atoms with Crippen LogP contribution in [0.1, 0.15) is 57.9 Å². The van der Waals surface area contributed by atoms with Crippen molar-refractivity contribution in [1.29, 1.82) is 0 Å². The summed E-state index contributed by atoms with van der Waals surface area (Å²) in [6, 6.07) is 5.53. The molecule has 3 heteroatoms. The third kappa shape index (κ3) is 4.19. The molecular weight excluding hydrogens is 265 g/mol.